The first-order valence-electron chi connectivity index (χ1n) is 8.01. The van der Waals surface area contributed by atoms with Crippen molar-refractivity contribution in [1.82, 2.24) is 5.32 Å². The van der Waals surface area contributed by atoms with Crippen molar-refractivity contribution in [3.8, 4) is 17.2 Å². The number of hydrogen-bond donors (Lipinski definition) is 1. The van der Waals surface area contributed by atoms with Crippen molar-refractivity contribution in [3.05, 3.63) is 58.1 Å². The van der Waals surface area contributed by atoms with Crippen LogP contribution in [-0.4, -0.2) is 37.7 Å². The number of nitro groups is 1. The second kappa shape index (κ2) is 9.26. The fourth-order valence-corrected chi connectivity index (χ4v) is 2.21. The van der Waals surface area contributed by atoms with Gasteiger partial charge in [-0.1, -0.05) is 0 Å². The van der Waals surface area contributed by atoms with Crippen LogP contribution in [-0.2, 0) is 0 Å². The van der Waals surface area contributed by atoms with E-state index in [1.165, 1.54) is 25.3 Å². The molecule has 0 saturated carbocycles. The Labute approximate surface area is 150 Å². The SMILES string of the molecule is CCOc1ccc(OCCNC(=O)c2cc([N+](=O)[O-])ccc2OC)cc1. The number of non-ortho nitro benzene ring substituents is 1. The second-order valence-electron chi connectivity index (χ2n) is 5.15. The van der Waals surface area contributed by atoms with E-state index in [4.69, 9.17) is 14.2 Å². The molecule has 8 heteroatoms. The standard InChI is InChI=1S/C18H20N2O6/c1-3-25-14-5-7-15(8-6-14)26-11-10-19-18(21)16-12-13(20(22)23)4-9-17(16)24-2/h4-9,12H,3,10-11H2,1-2H3,(H,19,21). The molecule has 0 spiro atoms. The molecular formula is C18H20N2O6. The van der Waals surface area contributed by atoms with Gasteiger partial charge in [0.2, 0.25) is 0 Å². The van der Waals surface area contributed by atoms with Crippen LogP contribution in [0.2, 0.25) is 0 Å². The summed E-state index contributed by atoms with van der Waals surface area (Å²) in [4.78, 5) is 22.5. The van der Waals surface area contributed by atoms with Gasteiger partial charge in [0.05, 0.1) is 30.7 Å². The molecule has 1 amide bonds. The zero-order chi connectivity index (χ0) is 18.9. The molecule has 0 saturated heterocycles. The zero-order valence-corrected chi connectivity index (χ0v) is 14.6. The molecule has 2 aromatic rings. The smallest absolute Gasteiger partial charge is 0.270 e. The molecule has 8 nitrogen and oxygen atoms in total. The molecule has 2 aromatic carbocycles. The molecule has 0 fully saturated rings. The van der Waals surface area contributed by atoms with E-state index >= 15 is 0 Å². The third-order valence-corrected chi connectivity index (χ3v) is 3.43. The van der Waals surface area contributed by atoms with Crippen LogP contribution in [0.4, 0.5) is 5.69 Å². The third kappa shape index (κ3) is 5.10. The van der Waals surface area contributed by atoms with Crippen molar-refractivity contribution < 1.29 is 23.9 Å². The summed E-state index contributed by atoms with van der Waals surface area (Å²) in [7, 11) is 1.40. The van der Waals surface area contributed by atoms with E-state index < -0.39 is 10.8 Å². The van der Waals surface area contributed by atoms with Crippen LogP contribution in [0.3, 0.4) is 0 Å². The average molecular weight is 360 g/mol. The number of carbonyl (C=O) groups excluding carboxylic acids is 1. The van der Waals surface area contributed by atoms with Crippen molar-refractivity contribution in [2.45, 2.75) is 6.92 Å². The van der Waals surface area contributed by atoms with Crippen LogP contribution in [0.25, 0.3) is 0 Å². The summed E-state index contributed by atoms with van der Waals surface area (Å²) in [5.74, 6) is 1.20. The van der Waals surface area contributed by atoms with Crippen molar-refractivity contribution in [1.29, 1.82) is 0 Å². The van der Waals surface area contributed by atoms with E-state index in [1.54, 1.807) is 24.3 Å². The molecule has 0 aliphatic carbocycles. The van der Waals surface area contributed by atoms with Crippen LogP contribution in [0.5, 0.6) is 17.2 Å². The highest BCUT2D eigenvalue weighted by Gasteiger charge is 2.17. The Morgan fingerprint density at radius 3 is 2.35 bits per heavy atom. The molecule has 2 rings (SSSR count). The summed E-state index contributed by atoms with van der Waals surface area (Å²) in [6, 6.07) is 11.0. The predicted molar refractivity (Wildman–Crippen MR) is 95.1 cm³/mol. The molecular weight excluding hydrogens is 340 g/mol. The van der Waals surface area contributed by atoms with Gasteiger partial charge in [0.25, 0.3) is 11.6 Å². The van der Waals surface area contributed by atoms with E-state index in [0.29, 0.717) is 12.4 Å². The van der Waals surface area contributed by atoms with Gasteiger partial charge in [-0.05, 0) is 37.3 Å². The summed E-state index contributed by atoms with van der Waals surface area (Å²) in [5, 5.41) is 13.5. The predicted octanol–water partition coefficient (Wildman–Crippen LogP) is 2.81. The van der Waals surface area contributed by atoms with Crippen molar-refractivity contribution >= 4 is 11.6 Å². The maximum absolute atomic E-state index is 12.2. The largest absolute Gasteiger partial charge is 0.496 e. The maximum atomic E-state index is 12.2. The molecule has 0 atom stereocenters. The lowest BCUT2D eigenvalue weighted by molar-refractivity contribution is -0.384. The topological polar surface area (TPSA) is 99.9 Å². The lowest BCUT2D eigenvalue weighted by Crippen LogP contribution is -2.28. The Morgan fingerprint density at radius 2 is 1.77 bits per heavy atom. The first-order chi connectivity index (χ1) is 12.5. The minimum absolute atomic E-state index is 0.0998. The lowest BCUT2D eigenvalue weighted by Gasteiger charge is -2.10. The number of hydrogen-bond acceptors (Lipinski definition) is 6. The van der Waals surface area contributed by atoms with Crippen LogP contribution < -0.4 is 19.5 Å². The summed E-state index contributed by atoms with van der Waals surface area (Å²) in [6.45, 7) is 2.98. The molecule has 0 bridgehead atoms. The number of benzene rings is 2. The Morgan fingerprint density at radius 1 is 1.12 bits per heavy atom. The summed E-state index contributed by atoms with van der Waals surface area (Å²) >= 11 is 0. The van der Waals surface area contributed by atoms with Gasteiger partial charge in [-0.3, -0.25) is 14.9 Å². The normalized spacial score (nSPS) is 10.1. The van der Waals surface area contributed by atoms with Crippen LogP contribution in [0, 0.1) is 10.1 Å². The number of rotatable bonds is 9. The molecule has 26 heavy (non-hydrogen) atoms. The highest BCUT2D eigenvalue weighted by molar-refractivity contribution is 5.97. The van der Waals surface area contributed by atoms with E-state index in [2.05, 4.69) is 5.32 Å². The van der Waals surface area contributed by atoms with Crippen molar-refractivity contribution in [2.75, 3.05) is 26.9 Å². The van der Waals surface area contributed by atoms with Gasteiger partial charge in [-0.25, -0.2) is 0 Å². The van der Waals surface area contributed by atoms with Gasteiger partial charge in [-0.2, -0.15) is 0 Å². The molecule has 0 unspecified atom stereocenters. The summed E-state index contributed by atoms with van der Waals surface area (Å²) < 4.78 is 16.0. The van der Waals surface area contributed by atoms with E-state index in [0.717, 1.165) is 5.75 Å². The Hall–Kier alpha value is -3.29. The first kappa shape index (κ1) is 19.0. The Bertz CT molecular complexity index is 761. The molecule has 0 heterocycles. The highest BCUT2D eigenvalue weighted by Crippen LogP contribution is 2.23. The van der Waals surface area contributed by atoms with E-state index in [-0.39, 0.29) is 30.2 Å². The van der Waals surface area contributed by atoms with Gasteiger partial charge >= 0.3 is 0 Å². The van der Waals surface area contributed by atoms with Gasteiger partial charge in [0, 0.05) is 12.1 Å². The third-order valence-electron chi connectivity index (χ3n) is 3.43. The van der Waals surface area contributed by atoms with Gasteiger partial charge in [-0.15, -0.1) is 0 Å². The number of ether oxygens (including phenoxy) is 3. The van der Waals surface area contributed by atoms with Gasteiger partial charge in [0.15, 0.2) is 0 Å². The highest BCUT2D eigenvalue weighted by atomic mass is 16.6. The van der Waals surface area contributed by atoms with Crippen LogP contribution in [0.1, 0.15) is 17.3 Å². The van der Waals surface area contributed by atoms with E-state index in [9.17, 15) is 14.9 Å². The van der Waals surface area contributed by atoms with Crippen LogP contribution >= 0.6 is 0 Å². The Kier molecular flexibility index (Phi) is 6.78. The number of nitrogens with zero attached hydrogens (tertiary/aromatic N) is 1. The quantitative estimate of drug-likeness (QED) is 0.419. The van der Waals surface area contributed by atoms with Crippen molar-refractivity contribution in [3.63, 3.8) is 0 Å². The maximum Gasteiger partial charge on any atom is 0.270 e. The molecule has 0 aromatic heterocycles. The summed E-state index contributed by atoms with van der Waals surface area (Å²) in [6.07, 6.45) is 0. The molecule has 0 radical (unpaired) electrons. The van der Waals surface area contributed by atoms with Gasteiger partial charge < -0.3 is 19.5 Å². The molecule has 1 N–H and O–H groups in total. The lowest BCUT2D eigenvalue weighted by atomic mass is 10.1. The van der Waals surface area contributed by atoms with Gasteiger partial charge in [0.1, 0.15) is 23.9 Å². The van der Waals surface area contributed by atoms with Crippen molar-refractivity contribution in [2.24, 2.45) is 0 Å². The molecule has 0 aliphatic heterocycles. The summed E-state index contributed by atoms with van der Waals surface area (Å²) in [5.41, 5.74) is -0.0793. The number of nitro benzene ring substituents is 1. The van der Waals surface area contributed by atoms with E-state index in [1.807, 2.05) is 6.92 Å². The minimum Gasteiger partial charge on any atom is -0.496 e. The average Bonchev–Trinajstić information content (AvgIpc) is 2.66. The second-order valence-corrected chi connectivity index (χ2v) is 5.15. The fraction of sp³-hybridized carbons (Fsp3) is 0.278. The van der Waals surface area contributed by atoms with Crippen LogP contribution in [0.15, 0.2) is 42.5 Å². The monoisotopic (exact) mass is 360 g/mol. The minimum atomic E-state index is -0.564. The first-order valence-corrected chi connectivity index (χ1v) is 8.01. The fourth-order valence-electron chi connectivity index (χ4n) is 2.21. The zero-order valence-electron chi connectivity index (χ0n) is 14.6. The number of amides is 1. The Balaban J connectivity index is 1.88. The molecule has 0 aliphatic rings. The number of carbonyl (C=O) groups is 1. The molecule has 138 valence electrons. The number of nitrogens with one attached hydrogen (secondary N) is 1. The number of methoxy groups -OCH3 is 1.